The molecule has 2 bridgehead atoms. The summed E-state index contributed by atoms with van der Waals surface area (Å²) in [5.74, 6) is 3.80. The summed E-state index contributed by atoms with van der Waals surface area (Å²) in [4.78, 5) is 15.1. The number of para-hydroxylation sites is 2. The van der Waals surface area contributed by atoms with Gasteiger partial charge in [0.1, 0.15) is 11.2 Å². The van der Waals surface area contributed by atoms with Crippen molar-refractivity contribution >= 4 is 21.9 Å². The van der Waals surface area contributed by atoms with Gasteiger partial charge in [0.25, 0.3) is 0 Å². The molecule has 2 unspecified atom stereocenters. The van der Waals surface area contributed by atoms with Crippen LogP contribution in [-0.2, 0) is 5.41 Å². The summed E-state index contributed by atoms with van der Waals surface area (Å²) in [6, 6.07) is 49.5. The molecular formula is C52H41N5O. The molecule has 0 amide bonds. The molecule has 6 heteroatoms. The molecule has 4 atom stereocenters. The van der Waals surface area contributed by atoms with Gasteiger partial charge in [-0.2, -0.15) is 10.5 Å². The van der Waals surface area contributed by atoms with Crippen LogP contribution in [0.4, 0.5) is 0 Å². The highest BCUT2D eigenvalue weighted by Gasteiger charge is 2.45. The van der Waals surface area contributed by atoms with Gasteiger partial charge in [-0.3, -0.25) is 0 Å². The van der Waals surface area contributed by atoms with Crippen LogP contribution in [0, 0.1) is 40.4 Å². The van der Waals surface area contributed by atoms with Gasteiger partial charge >= 0.3 is 0 Å². The first-order chi connectivity index (χ1) is 28.3. The molecular weight excluding hydrogens is 711 g/mol. The summed E-state index contributed by atoms with van der Waals surface area (Å²) >= 11 is 0. The minimum atomic E-state index is 0.247. The Hall–Kier alpha value is -6.89. The van der Waals surface area contributed by atoms with E-state index in [1.807, 2.05) is 42.5 Å². The highest BCUT2D eigenvalue weighted by molar-refractivity contribution is 6.09. The number of aromatic nitrogens is 3. The van der Waals surface area contributed by atoms with Crippen LogP contribution >= 0.6 is 0 Å². The van der Waals surface area contributed by atoms with Crippen molar-refractivity contribution in [3.05, 3.63) is 150 Å². The number of nitrogens with zero attached hydrogens (tertiary/aromatic N) is 5. The lowest BCUT2D eigenvalue weighted by Crippen LogP contribution is -2.42. The minimum Gasteiger partial charge on any atom is -0.455 e. The highest BCUT2D eigenvalue weighted by Crippen LogP contribution is 2.54. The third-order valence-corrected chi connectivity index (χ3v) is 12.5. The Labute approximate surface area is 338 Å². The molecule has 0 N–H and O–H groups in total. The van der Waals surface area contributed by atoms with Crippen LogP contribution in [0.15, 0.2) is 138 Å². The fourth-order valence-electron chi connectivity index (χ4n) is 10.3. The van der Waals surface area contributed by atoms with Crippen LogP contribution in [-0.4, -0.2) is 15.0 Å². The molecule has 58 heavy (non-hydrogen) atoms. The van der Waals surface area contributed by atoms with Gasteiger partial charge < -0.3 is 4.42 Å². The lowest BCUT2D eigenvalue weighted by molar-refractivity contribution is 0.0780. The molecule has 0 saturated heterocycles. The van der Waals surface area contributed by atoms with E-state index in [2.05, 4.69) is 92.7 Å². The van der Waals surface area contributed by atoms with Gasteiger partial charge in [0.05, 0.1) is 23.3 Å². The molecule has 8 aromatic rings. The Morgan fingerprint density at radius 1 is 0.534 bits per heavy atom. The van der Waals surface area contributed by atoms with Gasteiger partial charge in [0.15, 0.2) is 17.5 Å². The van der Waals surface area contributed by atoms with Crippen LogP contribution in [0.2, 0.25) is 0 Å². The second-order valence-electron chi connectivity index (χ2n) is 16.8. The monoisotopic (exact) mass is 751 g/mol. The van der Waals surface area contributed by atoms with Crippen molar-refractivity contribution in [2.75, 3.05) is 0 Å². The van der Waals surface area contributed by atoms with Gasteiger partial charge in [-0.15, -0.1) is 0 Å². The molecule has 6 aromatic carbocycles. The van der Waals surface area contributed by atoms with Gasteiger partial charge in [-0.05, 0) is 150 Å². The zero-order valence-corrected chi connectivity index (χ0v) is 32.6. The van der Waals surface area contributed by atoms with E-state index in [1.165, 1.54) is 37.7 Å². The van der Waals surface area contributed by atoms with Crippen LogP contribution in [0.3, 0.4) is 0 Å². The predicted octanol–water partition coefficient (Wildman–Crippen LogP) is 13.0. The number of fused-ring (bicyclic) bond motifs is 5. The number of rotatable bonds is 6. The van der Waals surface area contributed by atoms with Crippen molar-refractivity contribution in [2.24, 2.45) is 17.8 Å². The van der Waals surface area contributed by atoms with Crippen LogP contribution in [0.1, 0.15) is 62.6 Å². The Kier molecular flexibility index (Phi) is 8.72. The van der Waals surface area contributed by atoms with Gasteiger partial charge in [-0.1, -0.05) is 74.5 Å². The van der Waals surface area contributed by atoms with Gasteiger partial charge in [0.2, 0.25) is 0 Å². The second-order valence-corrected chi connectivity index (χ2v) is 16.8. The fourth-order valence-corrected chi connectivity index (χ4v) is 10.3. The van der Waals surface area contributed by atoms with Crippen molar-refractivity contribution < 1.29 is 4.42 Å². The highest BCUT2D eigenvalue weighted by atomic mass is 16.3. The predicted molar refractivity (Wildman–Crippen MR) is 230 cm³/mol. The number of furan rings is 1. The summed E-state index contributed by atoms with van der Waals surface area (Å²) in [7, 11) is 0. The smallest absolute Gasteiger partial charge is 0.164 e. The maximum absolute atomic E-state index is 9.49. The van der Waals surface area contributed by atoms with Crippen molar-refractivity contribution in [1.82, 2.24) is 15.0 Å². The lowest BCUT2D eigenvalue weighted by Gasteiger charge is -2.50. The molecule has 6 nitrogen and oxygen atoms in total. The standard InChI is InChI=1S/C52H41N5O/c1-32-22-36-23-33(2)28-52(27-32,29-36)43-20-18-37(19-21-43)40-24-41(44-7-5-8-46-45-6-3-4-9-47(45)58-48(44)46)26-42(25-40)51-56-49(38-14-10-34(30-53)11-15-38)55-50(57-51)39-16-12-35(31-54)13-17-39/h3-21,24-26,32-33,36H,22-23,27-29H2,1-2H3/t32-,33+,36?,52?. The zero-order valence-electron chi connectivity index (χ0n) is 32.6. The van der Waals surface area contributed by atoms with E-state index < -0.39 is 0 Å². The number of nitriles is 2. The fraction of sp³-hybridized carbons (Fsp3) is 0.212. The molecule has 0 radical (unpaired) electrons. The maximum atomic E-state index is 9.49. The number of hydrogen-bond acceptors (Lipinski definition) is 6. The first-order valence-corrected chi connectivity index (χ1v) is 20.3. The molecule has 2 aliphatic rings. The molecule has 0 spiro atoms. The largest absolute Gasteiger partial charge is 0.455 e. The Balaban J connectivity index is 1.15. The first-order valence-electron chi connectivity index (χ1n) is 20.3. The average Bonchev–Trinajstić information content (AvgIpc) is 3.65. The van der Waals surface area contributed by atoms with Crippen molar-refractivity contribution in [3.8, 4) is 68.6 Å². The third kappa shape index (κ3) is 6.42. The maximum Gasteiger partial charge on any atom is 0.164 e. The van der Waals surface area contributed by atoms with Gasteiger partial charge in [-0.25, -0.2) is 15.0 Å². The summed E-state index contributed by atoms with van der Waals surface area (Å²) < 4.78 is 6.57. The average molecular weight is 752 g/mol. The quantitative estimate of drug-likeness (QED) is 0.168. The van der Waals surface area contributed by atoms with E-state index in [0.29, 0.717) is 28.6 Å². The van der Waals surface area contributed by atoms with Crippen molar-refractivity contribution in [2.45, 2.75) is 51.4 Å². The Morgan fingerprint density at radius 3 is 1.69 bits per heavy atom. The normalized spacial score (nSPS) is 20.1. The lowest BCUT2D eigenvalue weighted by atomic mass is 9.54. The summed E-state index contributed by atoms with van der Waals surface area (Å²) in [5.41, 5.74) is 11.0. The molecule has 2 fully saturated rings. The third-order valence-electron chi connectivity index (χ3n) is 12.5. The SMILES string of the molecule is C[C@@H]1CC2C[C@H](C)CC(c3ccc(-c4cc(-c5nc(-c6ccc(C#N)cc6)nc(-c6ccc(C#N)cc6)n5)cc(-c5cccc6c5oc5ccccc56)c4)cc3)(C2)C1. The van der Waals surface area contributed by atoms with Gasteiger partial charge in [0, 0.05) is 33.0 Å². The minimum absolute atomic E-state index is 0.247. The molecule has 2 saturated carbocycles. The Bertz CT molecular complexity index is 2840. The number of benzene rings is 6. The van der Waals surface area contributed by atoms with E-state index in [0.717, 1.165) is 78.6 Å². The molecule has 2 aromatic heterocycles. The van der Waals surface area contributed by atoms with Crippen molar-refractivity contribution in [1.29, 1.82) is 10.5 Å². The van der Waals surface area contributed by atoms with E-state index in [1.54, 1.807) is 24.3 Å². The molecule has 10 rings (SSSR count). The molecule has 0 aliphatic heterocycles. The summed E-state index contributed by atoms with van der Waals surface area (Å²) in [6.07, 6.45) is 6.53. The first kappa shape index (κ1) is 35.5. The summed E-state index contributed by atoms with van der Waals surface area (Å²) in [5, 5.41) is 21.1. The van der Waals surface area contributed by atoms with Crippen LogP contribution < -0.4 is 0 Å². The van der Waals surface area contributed by atoms with E-state index in [9.17, 15) is 10.5 Å². The number of hydrogen-bond donors (Lipinski definition) is 0. The Morgan fingerprint density at radius 2 is 1.07 bits per heavy atom. The second kappa shape index (κ2) is 14.2. The molecule has 2 aliphatic carbocycles. The van der Waals surface area contributed by atoms with E-state index >= 15 is 0 Å². The van der Waals surface area contributed by atoms with E-state index in [-0.39, 0.29) is 5.41 Å². The summed E-state index contributed by atoms with van der Waals surface area (Å²) in [6.45, 7) is 4.89. The van der Waals surface area contributed by atoms with Crippen LogP contribution in [0.5, 0.6) is 0 Å². The van der Waals surface area contributed by atoms with Crippen molar-refractivity contribution in [3.63, 3.8) is 0 Å². The molecule has 280 valence electrons. The van der Waals surface area contributed by atoms with Crippen LogP contribution in [0.25, 0.3) is 78.4 Å². The molecule has 2 heterocycles. The topological polar surface area (TPSA) is 99.4 Å². The van der Waals surface area contributed by atoms with E-state index in [4.69, 9.17) is 19.4 Å². The zero-order chi connectivity index (χ0) is 39.4.